The smallest absolute Gasteiger partial charge is 0.328 e. The molecule has 1 aromatic rings. The highest BCUT2D eigenvalue weighted by Crippen LogP contribution is 2.23. The molecule has 0 fully saturated rings. The molecule has 0 aromatic carbocycles. The first kappa shape index (κ1) is 11.2. The maximum atomic E-state index is 11.1. The largest absolute Gasteiger partial charge is 0.343 e. The fraction of sp³-hybridized carbons (Fsp3) is 0.429. The lowest BCUT2D eigenvalue weighted by molar-refractivity contribution is 0.114. The number of thiazole rings is 1. The molecule has 78 valence electrons. The first-order chi connectivity index (χ1) is 6.56. The van der Waals surface area contributed by atoms with Crippen LogP contribution in [0.1, 0.15) is 5.69 Å². The van der Waals surface area contributed by atoms with Crippen molar-refractivity contribution in [3.05, 3.63) is 9.65 Å². The van der Waals surface area contributed by atoms with Gasteiger partial charge >= 0.3 is 6.03 Å². The van der Waals surface area contributed by atoms with E-state index < -0.39 is 6.03 Å². The van der Waals surface area contributed by atoms with Gasteiger partial charge in [-0.05, 0) is 19.1 Å². The van der Waals surface area contributed by atoms with Gasteiger partial charge in [0.2, 0.25) is 0 Å². The number of anilines is 1. The number of aromatic nitrogens is 1. The van der Waals surface area contributed by atoms with Crippen molar-refractivity contribution in [3.63, 3.8) is 0 Å². The Bertz CT molecular complexity index is 396. The molecule has 0 atom stereocenters. The van der Waals surface area contributed by atoms with Crippen molar-refractivity contribution in [2.75, 3.05) is 12.4 Å². The second-order valence-electron chi connectivity index (χ2n) is 2.60. The van der Waals surface area contributed by atoms with Crippen LogP contribution in [0.4, 0.5) is 9.80 Å². The van der Waals surface area contributed by atoms with E-state index in [4.69, 9.17) is 12.2 Å². The molecule has 7 heteroatoms. The Balaban J connectivity index is 2.82. The molecule has 14 heavy (non-hydrogen) atoms. The molecule has 1 heterocycles. The minimum absolute atomic E-state index is 0.410. The lowest BCUT2D eigenvalue weighted by Gasteiger charge is -2.03. The predicted octanol–water partition coefficient (Wildman–Crippen LogP) is 1.81. The van der Waals surface area contributed by atoms with Crippen molar-refractivity contribution in [1.82, 2.24) is 10.0 Å². The maximum absolute atomic E-state index is 11.1. The number of hydrogen-bond acceptors (Lipinski definition) is 4. The Kier molecular flexibility index (Phi) is 3.62. The highest BCUT2D eigenvalue weighted by Gasteiger charge is 2.08. The summed E-state index contributed by atoms with van der Waals surface area (Å²) in [4.78, 5) is 15.6. The zero-order valence-corrected chi connectivity index (χ0v) is 9.71. The van der Waals surface area contributed by atoms with Gasteiger partial charge in [0.15, 0.2) is 3.95 Å². The Morgan fingerprint density at radius 1 is 1.64 bits per heavy atom. The fourth-order valence-corrected chi connectivity index (χ4v) is 2.12. The number of hydrogen-bond donors (Lipinski definition) is 2. The third-order valence-electron chi connectivity index (χ3n) is 1.72. The maximum Gasteiger partial charge on any atom is 0.343 e. The monoisotopic (exact) mass is 233 g/mol. The van der Waals surface area contributed by atoms with Crippen molar-refractivity contribution in [2.45, 2.75) is 6.92 Å². The standard InChI is InChI=1S/C7H11N3O2S2/c1-4-5(8-6(11)9-12-3)14-7(13)10(4)2/h1-3H3,(H2,8,9,11). The molecule has 0 aliphatic carbocycles. The lowest BCUT2D eigenvalue weighted by Crippen LogP contribution is -2.27. The number of carbonyl (C=O) groups is 1. The minimum Gasteiger partial charge on any atom is -0.328 e. The Hall–Kier alpha value is -0.920. The fourth-order valence-electron chi connectivity index (χ4n) is 0.856. The van der Waals surface area contributed by atoms with E-state index in [-0.39, 0.29) is 0 Å². The molecule has 0 saturated carbocycles. The van der Waals surface area contributed by atoms with Gasteiger partial charge in [-0.25, -0.2) is 10.3 Å². The third-order valence-corrected chi connectivity index (χ3v) is 3.29. The number of amides is 2. The summed E-state index contributed by atoms with van der Waals surface area (Å²) in [6.45, 7) is 1.88. The highest BCUT2D eigenvalue weighted by molar-refractivity contribution is 7.73. The quantitative estimate of drug-likeness (QED) is 0.605. The zero-order chi connectivity index (χ0) is 10.7. The highest BCUT2D eigenvalue weighted by atomic mass is 32.1. The van der Waals surface area contributed by atoms with Crippen LogP contribution in [0, 0.1) is 10.9 Å². The first-order valence-corrected chi connectivity index (χ1v) is 5.05. The molecule has 0 saturated heterocycles. The summed E-state index contributed by atoms with van der Waals surface area (Å²) in [5, 5.41) is 3.36. The van der Waals surface area contributed by atoms with Crippen LogP contribution in [-0.2, 0) is 11.9 Å². The first-order valence-electron chi connectivity index (χ1n) is 3.82. The minimum atomic E-state index is -0.410. The van der Waals surface area contributed by atoms with Crippen molar-refractivity contribution >= 4 is 34.6 Å². The van der Waals surface area contributed by atoms with Crippen LogP contribution in [0.2, 0.25) is 0 Å². The normalized spacial score (nSPS) is 9.93. The topological polar surface area (TPSA) is 55.3 Å². The molecule has 0 aliphatic heterocycles. The SMILES string of the molecule is CONC(=O)Nc1sc(=S)n(C)c1C. The van der Waals surface area contributed by atoms with Gasteiger partial charge in [0.05, 0.1) is 12.8 Å². The Morgan fingerprint density at radius 2 is 2.29 bits per heavy atom. The van der Waals surface area contributed by atoms with E-state index in [2.05, 4.69) is 15.6 Å². The number of nitrogens with one attached hydrogen (secondary N) is 2. The number of rotatable bonds is 2. The van der Waals surface area contributed by atoms with Gasteiger partial charge in [0.1, 0.15) is 5.00 Å². The number of hydroxylamine groups is 1. The van der Waals surface area contributed by atoms with Gasteiger partial charge in [-0.3, -0.25) is 10.2 Å². The van der Waals surface area contributed by atoms with Crippen molar-refractivity contribution in [1.29, 1.82) is 0 Å². The average molecular weight is 233 g/mol. The van der Waals surface area contributed by atoms with Crippen LogP contribution >= 0.6 is 23.6 Å². The van der Waals surface area contributed by atoms with E-state index >= 15 is 0 Å². The molecule has 2 amide bonds. The number of nitrogens with zero attached hydrogens (tertiary/aromatic N) is 1. The molecule has 0 unspecified atom stereocenters. The van der Waals surface area contributed by atoms with E-state index in [0.29, 0.717) is 0 Å². The van der Waals surface area contributed by atoms with Crippen LogP contribution in [0.15, 0.2) is 0 Å². The van der Waals surface area contributed by atoms with Gasteiger partial charge in [0.25, 0.3) is 0 Å². The van der Waals surface area contributed by atoms with E-state index in [0.717, 1.165) is 14.6 Å². The predicted molar refractivity (Wildman–Crippen MR) is 58.0 cm³/mol. The summed E-state index contributed by atoms with van der Waals surface area (Å²) >= 11 is 6.40. The molecule has 0 aliphatic rings. The summed E-state index contributed by atoms with van der Waals surface area (Å²) in [7, 11) is 3.23. The van der Waals surface area contributed by atoms with Gasteiger partial charge in [0, 0.05) is 7.05 Å². The summed E-state index contributed by atoms with van der Waals surface area (Å²) in [5.74, 6) is 0. The lowest BCUT2D eigenvalue weighted by atomic mass is 10.5. The third kappa shape index (κ3) is 2.31. The van der Waals surface area contributed by atoms with Gasteiger partial charge in [-0.2, -0.15) is 0 Å². The van der Waals surface area contributed by atoms with Crippen LogP contribution < -0.4 is 10.8 Å². The van der Waals surface area contributed by atoms with Crippen LogP contribution in [0.3, 0.4) is 0 Å². The van der Waals surface area contributed by atoms with Crippen LogP contribution in [0.5, 0.6) is 0 Å². The summed E-state index contributed by atoms with van der Waals surface area (Å²) in [6.07, 6.45) is 0. The van der Waals surface area contributed by atoms with E-state index in [1.54, 1.807) is 0 Å². The van der Waals surface area contributed by atoms with Crippen molar-refractivity contribution in [2.24, 2.45) is 7.05 Å². The molecule has 5 nitrogen and oxygen atoms in total. The second kappa shape index (κ2) is 4.54. The van der Waals surface area contributed by atoms with Crippen LogP contribution in [-0.4, -0.2) is 17.7 Å². The molecular formula is C7H11N3O2S2. The average Bonchev–Trinajstić information content (AvgIpc) is 2.34. The number of urea groups is 1. The summed E-state index contributed by atoms with van der Waals surface area (Å²) in [5.41, 5.74) is 3.09. The Morgan fingerprint density at radius 3 is 2.71 bits per heavy atom. The molecule has 2 N–H and O–H groups in total. The second-order valence-corrected chi connectivity index (χ2v) is 4.25. The summed E-state index contributed by atoms with van der Waals surface area (Å²) in [6, 6.07) is -0.410. The van der Waals surface area contributed by atoms with Gasteiger partial charge in [-0.1, -0.05) is 11.3 Å². The molecule has 1 rings (SSSR count). The summed E-state index contributed by atoms with van der Waals surface area (Å²) < 4.78 is 2.55. The van der Waals surface area contributed by atoms with Crippen molar-refractivity contribution < 1.29 is 9.63 Å². The number of carbonyl (C=O) groups excluding carboxylic acids is 1. The van der Waals surface area contributed by atoms with E-state index in [1.807, 2.05) is 18.5 Å². The zero-order valence-electron chi connectivity index (χ0n) is 8.08. The van der Waals surface area contributed by atoms with E-state index in [1.165, 1.54) is 18.4 Å². The van der Waals surface area contributed by atoms with Crippen LogP contribution in [0.25, 0.3) is 0 Å². The van der Waals surface area contributed by atoms with Crippen molar-refractivity contribution in [3.8, 4) is 0 Å². The Labute approximate surface area is 90.6 Å². The van der Waals surface area contributed by atoms with E-state index in [9.17, 15) is 4.79 Å². The molecule has 0 radical (unpaired) electrons. The molecule has 0 spiro atoms. The molecule has 1 aromatic heterocycles. The molecule has 0 bridgehead atoms. The van der Waals surface area contributed by atoms with Gasteiger partial charge < -0.3 is 4.57 Å². The molecular weight excluding hydrogens is 222 g/mol. The van der Waals surface area contributed by atoms with Gasteiger partial charge in [-0.15, -0.1) is 0 Å².